The molecule has 2 rings (SSSR count). The Morgan fingerprint density at radius 2 is 1.70 bits per heavy atom. The van der Waals surface area contributed by atoms with Crippen molar-refractivity contribution in [3.8, 4) is 0 Å². The summed E-state index contributed by atoms with van der Waals surface area (Å²) in [6.45, 7) is 1.77. The number of piperidine rings is 1. The first-order valence-electron chi connectivity index (χ1n) is 7.03. The SMILES string of the molecule is CC(N)(C(=O)N1CCC(C(F)(F)F)CC1)c1ccc(Br)cc1.Cl. The number of halogens is 5. The van der Waals surface area contributed by atoms with Crippen LogP contribution >= 0.6 is 28.3 Å². The molecule has 1 aromatic rings. The topological polar surface area (TPSA) is 46.3 Å². The van der Waals surface area contributed by atoms with Crippen LogP contribution < -0.4 is 5.73 Å². The zero-order chi connectivity index (χ0) is 16.5. The Kier molecular flexibility index (Phi) is 6.52. The fourth-order valence-electron chi connectivity index (χ4n) is 2.66. The lowest BCUT2D eigenvalue weighted by Crippen LogP contribution is -2.53. The molecule has 1 aliphatic heterocycles. The van der Waals surface area contributed by atoms with E-state index in [0.717, 1.165) is 4.47 Å². The Labute approximate surface area is 147 Å². The number of rotatable bonds is 2. The first kappa shape index (κ1) is 20.3. The largest absolute Gasteiger partial charge is 0.391 e. The van der Waals surface area contributed by atoms with Gasteiger partial charge in [-0.3, -0.25) is 4.79 Å². The highest BCUT2D eigenvalue weighted by Gasteiger charge is 2.43. The second-order valence-electron chi connectivity index (χ2n) is 5.82. The van der Waals surface area contributed by atoms with Crippen molar-refractivity contribution in [1.82, 2.24) is 4.90 Å². The zero-order valence-electron chi connectivity index (χ0n) is 12.6. The second-order valence-corrected chi connectivity index (χ2v) is 6.73. The summed E-state index contributed by atoms with van der Waals surface area (Å²) >= 11 is 3.31. The molecule has 0 spiro atoms. The average Bonchev–Trinajstić information content (AvgIpc) is 2.46. The smallest absolute Gasteiger partial charge is 0.341 e. The molecule has 3 nitrogen and oxygen atoms in total. The minimum Gasteiger partial charge on any atom is -0.341 e. The normalized spacial score (nSPS) is 19.0. The van der Waals surface area contributed by atoms with Crippen LogP contribution in [0.1, 0.15) is 25.3 Å². The molecule has 0 aromatic heterocycles. The van der Waals surface area contributed by atoms with E-state index in [2.05, 4.69) is 15.9 Å². The van der Waals surface area contributed by atoms with E-state index in [1.54, 1.807) is 31.2 Å². The number of nitrogens with zero attached hydrogens (tertiary/aromatic N) is 1. The molecule has 0 bridgehead atoms. The van der Waals surface area contributed by atoms with Crippen LogP contribution in [0.4, 0.5) is 13.2 Å². The maximum Gasteiger partial charge on any atom is 0.391 e. The maximum atomic E-state index is 12.7. The third kappa shape index (κ3) is 4.61. The third-order valence-electron chi connectivity index (χ3n) is 4.13. The van der Waals surface area contributed by atoms with Crippen molar-refractivity contribution >= 4 is 34.2 Å². The molecule has 1 aliphatic rings. The summed E-state index contributed by atoms with van der Waals surface area (Å²) in [5.41, 5.74) is 5.55. The van der Waals surface area contributed by atoms with Gasteiger partial charge in [0.2, 0.25) is 5.91 Å². The van der Waals surface area contributed by atoms with Crippen molar-refractivity contribution in [3.63, 3.8) is 0 Å². The lowest BCUT2D eigenvalue weighted by Gasteiger charge is -2.37. The summed E-state index contributed by atoms with van der Waals surface area (Å²) in [6, 6.07) is 7.04. The highest BCUT2D eigenvalue weighted by molar-refractivity contribution is 9.10. The fourth-order valence-corrected chi connectivity index (χ4v) is 2.92. The van der Waals surface area contributed by atoms with Crippen LogP contribution in [0.15, 0.2) is 28.7 Å². The highest BCUT2D eigenvalue weighted by Crippen LogP contribution is 2.35. The Morgan fingerprint density at radius 1 is 1.22 bits per heavy atom. The quantitative estimate of drug-likeness (QED) is 0.797. The van der Waals surface area contributed by atoms with Gasteiger partial charge in [0.15, 0.2) is 0 Å². The monoisotopic (exact) mass is 414 g/mol. The van der Waals surface area contributed by atoms with Crippen molar-refractivity contribution in [2.75, 3.05) is 13.1 Å². The molecule has 1 atom stereocenters. The van der Waals surface area contributed by atoms with E-state index in [9.17, 15) is 18.0 Å². The molecule has 8 heteroatoms. The summed E-state index contributed by atoms with van der Waals surface area (Å²) in [5, 5.41) is 0. The summed E-state index contributed by atoms with van der Waals surface area (Å²) in [4.78, 5) is 14.0. The lowest BCUT2D eigenvalue weighted by atomic mass is 9.89. The number of benzene rings is 1. The van der Waals surface area contributed by atoms with Gasteiger partial charge in [-0.2, -0.15) is 13.2 Å². The van der Waals surface area contributed by atoms with Gasteiger partial charge < -0.3 is 10.6 Å². The van der Waals surface area contributed by atoms with E-state index in [0.29, 0.717) is 5.56 Å². The van der Waals surface area contributed by atoms with Gasteiger partial charge in [0.1, 0.15) is 5.54 Å². The van der Waals surface area contributed by atoms with Gasteiger partial charge in [-0.25, -0.2) is 0 Å². The molecule has 1 fully saturated rings. The second kappa shape index (κ2) is 7.40. The van der Waals surface area contributed by atoms with E-state index >= 15 is 0 Å². The van der Waals surface area contributed by atoms with E-state index in [1.165, 1.54) is 4.90 Å². The maximum absolute atomic E-state index is 12.7. The standard InChI is InChI=1S/C15H18BrF3N2O.ClH/c1-14(20,10-2-4-12(16)5-3-10)13(22)21-8-6-11(7-9-21)15(17,18)19;/h2-5,11H,6-9,20H2,1H3;1H. The van der Waals surface area contributed by atoms with E-state index < -0.39 is 17.6 Å². The molecule has 23 heavy (non-hydrogen) atoms. The van der Waals surface area contributed by atoms with Crippen molar-refractivity contribution < 1.29 is 18.0 Å². The van der Waals surface area contributed by atoms with Crippen LogP contribution in [0.5, 0.6) is 0 Å². The van der Waals surface area contributed by atoms with Gasteiger partial charge in [0.05, 0.1) is 5.92 Å². The van der Waals surface area contributed by atoms with Crippen LogP contribution in [0.25, 0.3) is 0 Å². The molecule has 2 N–H and O–H groups in total. The number of hydrogen-bond acceptors (Lipinski definition) is 2. The van der Waals surface area contributed by atoms with Gasteiger partial charge in [-0.1, -0.05) is 28.1 Å². The molecular weight excluding hydrogens is 397 g/mol. The Bertz CT molecular complexity index is 541. The van der Waals surface area contributed by atoms with Gasteiger partial charge in [-0.05, 0) is 37.5 Å². The van der Waals surface area contributed by atoms with Crippen molar-refractivity contribution in [3.05, 3.63) is 34.3 Å². The van der Waals surface area contributed by atoms with Crippen molar-refractivity contribution in [1.29, 1.82) is 0 Å². The Hall–Kier alpha value is -0.790. The summed E-state index contributed by atoms with van der Waals surface area (Å²) in [5.74, 6) is -1.66. The number of carbonyl (C=O) groups is 1. The van der Waals surface area contributed by atoms with E-state index in [4.69, 9.17) is 5.73 Å². The first-order valence-corrected chi connectivity index (χ1v) is 7.82. The summed E-state index contributed by atoms with van der Waals surface area (Å²) < 4.78 is 38.9. The van der Waals surface area contributed by atoms with Crippen LogP contribution in [-0.2, 0) is 10.3 Å². The number of carbonyl (C=O) groups excluding carboxylic acids is 1. The number of hydrogen-bond donors (Lipinski definition) is 1. The molecular formula is C15H19BrClF3N2O. The molecule has 1 unspecified atom stereocenters. The number of amides is 1. The number of nitrogens with two attached hydrogens (primary N) is 1. The van der Waals surface area contributed by atoms with E-state index in [1.807, 2.05) is 0 Å². The van der Waals surface area contributed by atoms with Crippen molar-refractivity contribution in [2.24, 2.45) is 11.7 Å². The fraction of sp³-hybridized carbons (Fsp3) is 0.533. The van der Waals surface area contributed by atoms with Gasteiger partial charge in [0.25, 0.3) is 0 Å². The Morgan fingerprint density at radius 3 is 2.13 bits per heavy atom. The molecule has 130 valence electrons. The zero-order valence-corrected chi connectivity index (χ0v) is 15.0. The van der Waals surface area contributed by atoms with Crippen LogP contribution in [0, 0.1) is 5.92 Å². The Balaban J connectivity index is 0.00000264. The highest BCUT2D eigenvalue weighted by atomic mass is 79.9. The van der Waals surface area contributed by atoms with Crippen LogP contribution in [-0.4, -0.2) is 30.1 Å². The van der Waals surface area contributed by atoms with Crippen LogP contribution in [0.3, 0.4) is 0 Å². The summed E-state index contributed by atoms with van der Waals surface area (Å²) in [7, 11) is 0. The molecule has 1 saturated heterocycles. The van der Waals surface area contributed by atoms with Crippen LogP contribution in [0.2, 0.25) is 0 Å². The van der Waals surface area contributed by atoms with Crippen molar-refractivity contribution in [2.45, 2.75) is 31.5 Å². The minimum atomic E-state index is -4.19. The minimum absolute atomic E-state index is 0. The molecule has 0 aliphatic carbocycles. The molecule has 0 saturated carbocycles. The molecule has 0 radical (unpaired) electrons. The van der Waals surface area contributed by atoms with Gasteiger partial charge >= 0.3 is 6.18 Å². The number of alkyl halides is 3. The third-order valence-corrected chi connectivity index (χ3v) is 4.66. The predicted octanol–water partition coefficient (Wildman–Crippen LogP) is 3.85. The van der Waals surface area contributed by atoms with E-state index in [-0.39, 0.29) is 44.2 Å². The number of likely N-dealkylation sites (tertiary alicyclic amines) is 1. The lowest BCUT2D eigenvalue weighted by molar-refractivity contribution is -0.187. The summed E-state index contributed by atoms with van der Waals surface area (Å²) in [6.07, 6.45) is -4.32. The average molecular weight is 416 g/mol. The molecule has 1 aromatic carbocycles. The predicted molar refractivity (Wildman–Crippen MR) is 88.3 cm³/mol. The molecule has 1 amide bonds. The first-order chi connectivity index (χ1) is 10.1. The van der Waals surface area contributed by atoms with Gasteiger partial charge in [0, 0.05) is 17.6 Å². The van der Waals surface area contributed by atoms with Gasteiger partial charge in [-0.15, -0.1) is 12.4 Å². The molecule has 1 heterocycles.